The normalized spacial score (nSPS) is 16.7. The van der Waals surface area contributed by atoms with Gasteiger partial charge in [-0.05, 0) is 0 Å². The Balaban J connectivity index is 0. The van der Waals surface area contributed by atoms with Crippen molar-refractivity contribution < 1.29 is 65.4 Å². The number of hydrogen-bond donors (Lipinski definition) is 0. The summed E-state index contributed by atoms with van der Waals surface area (Å²) in [6, 6.07) is 0. The Morgan fingerprint density at radius 1 is 1.29 bits per heavy atom. The van der Waals surface area contributed by atoms with Crippen LogP contribution in [0.5, 0.6) is 0 Å². The average Bonchev–Trinajstić information content (AvgIpc) is 2.12. The van der Waals surface area contributed by atoms with E-state index in [1.54, 1.807) is 0 Å². The standard InChI is InChI=1S/C5H9.2Y/c1-2-5-3-4-5;;/h5H,1-4H2;;/q-1;;. The molecule has 1 aliphatic carbocycles. The van der Waals surface area contributed by atoms with Crippen molar-refractivity contribution in [2.24, 2.45) is 5.92 Å². The zero-order valence-corrected chi connectivity index (χ0v) is 10.2. The van der Waals surface area contributed by atoms with Gasteiger partial charge in [0.15, 0.2) is 0 Å². The summed E-state index contributed by atoms with van der Waals surface area (Å²) in [5.74, 6) is 1.02. The van der Waals surface area contributed by atoms with E-state index in [1.165, 1.54) is 19.3 Å². The van der Waals surface area contributed by atoms with Crippen molar-refractivity contribution in [1.82, 2.24) is 0 Å². The molecule has 36 valence electrons. The third kappa shape index (κ3) is 6.09. The molecule has 7 heavy (non-hydrogen) atoms. The minimum Gasteiger partial charge on any atom is -0.343 e. The van der Waals surface area contributed by atoms with Crippen molar-refractivity contribution in [1.29, 1.82) is 0 Å². The van der Waals surface area contributed by atoms with E-state index in [4.69, 9.17) is 0 Å². The summed E-state index contributed by atoms with van der Waals surface area (Å²) in [4.78, 5) is 0. The molecule has 0 aliphatic heterocycles. The molecule has 1 rings (SSSR count). The summed E-state index contributed by atoms with van der Waals surface area (Å²) in [6.07, 6.45) is 4.06. The van der Waals surface area contributed by atoms with Crippen LogP contribution in [-0.4, -0.2) is 0 Å². The van der Waals surface area contributed by atoms with E-state index >= 15 is 0 Å². The van der Waals surface area contributed by atoms with Crippen molar-refractivity contribution in [2.45, 2.75) is 19.3 Å². The van der Waals surface area contributed by atoms with Gasteiger partial charge >= 0.3 is 0 Å². The van der Waals surface area contributed by atoms with Crippen LogP contribution in [-0.2, 0) is 65.4 Å². The molecule has 0 nitrogen and oxygen atoms in total. The van der Waals surface area contributed by atoms with Gasteiger partial charge in [-0.25, -0.2) is 0 Å². The van der Waals surface area contributed by atoms with Gasteiger partial charge in [-0.2, -0.15) is 6.42 Å². The SMILES string of the molecule is [CH2-]CC1CC1.[Y].[Y]. The first-order valence-electron chi connectivity index (χ1n) is 2.22. The van der Waals surface area contributed by atoms with Crippen molar-refractivity contribution in [3.63, 3.8) is 0 Å². The summed E-state index contributed by atoms with van der Waals surface area (Å²) in [7, 11) is 0. The topological polar surface area (TPSA) is 0 Å². The summed E-state index contributed by atoms with van der Waals surface area (Å²) in [5.41, 5.74) is 0. The molecule has 1 aliphatic rings. The van der Waals surface area contributed by atoms with Crippen LogP contribution in [0.3, 0.4) is 0 Å². The van der Waals surface area contributed by atoms with E-state index in [0.29, 0.717) is 0 Å². The molecule has 0 aromatic rings. The maximum atomic E-state index is 3.75. The van der Waals surface area contributed by atoms with Gasteiger partial charge < -0.3 is 6.92 Å². The quantitative estimate of drug-likeness (QED) is 0.617. The Morgan fingerprint density at radius 2 is 1.71 bits per heavy atom. The summed E-state index contributed by atoms with van der Waals surface area (Å²) < 4.78 is 0. The van der Waals surface area contributed by atoms with E-state index in [0.717, 1.165) is 5.92 Å². The molecule has 0 bridgehead atoms. The Bertz CT molecular complexity index is 33.1. The minimum atomic E-state index is 0. The zero-order chi connectivity index (χ0) is 3.70. The van der Waals surface area contributed by atoms with Crippen LogP contribution in [0.4, 0.5) is 0 Å². The van der Waals surface area contributed by atoms with Gasteiger partial charge in [0, 0.05) is 65.4 Å². The largest absolute Gasteiger partial charge is 0.343 e. The van der Waals surface area contributed by atoms with E-state index in [9.17, 15) is 0 Å². The fourth-order valence-corrected chi connectivity index (χ4v) is 0.407. The minimum absolute atomic E-state index is 0. The molecule has 2 radical (unpaired) electrons. The fraction of sp³-hybridized carbons (Fsp3) is 0.800. The average molecular weight is 247 g/mol. The molecule has 0 unspecified atom stereocenters. The van der Waals surface area contributed by atoms with Crippen LogP contribution in [0.2, 0.25) is 0 Å². The first kappa shape index (κ1) is 11.9. The van der Waals surface area contributed by atoms with Crippen LogP contribution < -0.4 is 0 Å². The first-order valence-corrected chi connectivity index (χ1v) is 2.22. The third-order valence-corrected chi connectivity index (χ3v) is 1.11. The van der Waals surface area contributed by atoms with Gasteiger partial charge in [-0.15, -0.1) is 0 Å². The van der Waals surface area contributed by atoms with Crippen LogP contribution in [0.15, 0.2) is 0 Å². The molecule has 1 saturated carbocycles. The first-order chi connectivity index (χ1) is 2.43. The second-order valence-corrected chi connectivity index (χ2v) is 1.73. The third-order valence-electron chi connectivity index (χ3n) is 1.11. The zero-order valence-electron chi connectivity index (χ0n) is 4.56. The monoisotopic (exact) mass is 247 g/mol. The Morgan fingerprint density at radius 3 is 1.71 bits per heavy atom. The van der Waals surface area contributed by atoms with Crippen molar-refractivity contribution in [3.8, 4) is 0 Å². The summed E-state index contributed by atoms with van der Waals surface area (Å²) in [6.45, 7) is 3.75. The molecule has 0 spiro atoms. The van der Waals surface area contributed by atoms with E-state index < -0.39 is 0 Å². The fourth-order valence-electron chi connectivity index (χ4n) is 0.407. The van der Waals surface area contributed by atoms with Gasteiger partial charge in [-0.3, -0.25) is 0 Å². The van der Waals surface area contributed by atoms with E-state index in [-0.39, 0.29) is 65.4 Å². The van der Waals surface area contributed by atoms with Crippen molar-refractivity contribution in [2.75, 3.05) is 0 Å². The Hall–Kier alpha value is 2.21. The van der Waals surface area contributed by atoms with Crippen molar-refractivity contribution in [3.05, 3.63) is 6.92 Å². The van der Waals surface area contributed by atoms with Crippen LogP contribution in [0.25, 0.3) is 0 Å². The maximum Gasteiger partial charge on any atom is 0 e. The predicted molar refractivity (Wildman–Crippen MR) is 22.7 cm³/mol. The second-order valence-electron chi connectivity index (χ2n) is 1.73. The Labute approximate surface area is 96.0 Å². The molecule has 0 aromatic heterocycles. The van der Waals surface area contributed by atoms with Gasteiger partial charge in [0.25, 0.3) is 0 Å². The molecule has 2 heteroatoms. The smallest absolute Gasteiger partial charge is 0 e. The Kier molecular flexibility index (Phi) is 10.8. The summed E-state index contributed by atoms with van der Waals surface area (Å²) >= 11 is 0. The van der Waals surface area contributed by atoms with Gasteiger partial charge in [0.05, 0.1) is 0 Å². The van der Waals surface area contributed by atoms with Crippen molar-refractivity contribution >= 4 is 0 Å². The van der Waals surface area contributed by atoms with Crippen LogP contribution >= 0.6 is 0 Å². The maximum absolute atomic E-state index is 3.75. The van der Waals surface area contributed by atoms with Gasteiger partial charge in [0.2, 0.25) is 0 Å². The molecular weight excluding hydrogens is 238 g/mol. The second kappa shape index (κ2) is 6.33. The predicted octanol–water partition coefficient (Wildman–Crippen LogP) is 1.62. The number of rotatable bonds is 1. The van der Waals surface area contributed by atoms with Gasteiger partial charge in [0.1, 0.15) is 0 Å². The van der Waals surface area contributed by atoms with E-state index in [2.05, 4.69) is 6.92 Å². The summed E-state index contributed by atoms with van der Waals surface area (Å²) in [5, 5.41) is 0. The molecule has 0 aromatic carbocycles. The van der Waals surface area contributed by atoms with E-state index in [1.807, 2.05) is 0 Å². The molecule has 0 atom stereocenters. The molecule has 0 N–H and O–H groups in total. The molecule has 1 fully saturated rings. The number of hydrogen-bond acceptors (Lipinski definition) is 0. The van der Waals surface area contributed by atoms with Crippen LogP contribution in [0.1, 0.15) is 19.3 Å². The molecule has 0 saturated heterocycles. The molecular formula is C5H9Y2-. The van der Waals surface area contributed by atoms with Gasteiger partial charge in [-0.1, -0.05) is 18.8 Å². The molecule has 0 amide bonds. The van der Waals surface area contributed by atoms with Crippen LogP contribution in [0, 0.1) is 12.8 Å². The molecule has 0 heterocycles.